The summed E-state index contributed by atoms with van der Waals surface area (Å²) in [6, 6.07) is -2.97. The molecule has 0 saturated heterocycles. The Balaban J connectivity index is -0.000000557. The van der Waals surface area contributed by atoms with Gasteiger partial charge >= 0.3 is 17.9 Å². The first kappa shape index (κ1) is 38.1. The minimum atomic E-state index is -1.22. The minimum Gasteiger partial charge on any atom is -0.480 e. The van der Waals surface area contributed by atoms with Gasteiger partial charge in [0, 0.05) is 29.4 Å². The predicted octanol–water partition coefficient (Wildman–Crippen LogP) is -3.31. The van der Waals surface area contributed by atoms with E-state index in [9.17, 15) is 24.0 Å². The van der Waals surface area contributed by atoms with Gasteiger partial charge in [0.1, 0.15) is 24.7 Å². The summed E-state index contributed by atoms with van der Waals surface area (Å²) in [5.74, 6) is -3.96. The molecule has 0 saturated carbocycles. The highest BCUT2D eigenvalue weighted by Crippen LogP contribution is 1.98. The fourth-order valence-corrected chi connectivity index (χ4v) is 2.38. The van der Waals surface area contributed by atoms with Crippen LogP contribution in [-0.2, 0) is 24.0 Å². The van der Waals surface area contributed by atoms with Crippen LogP contribution in [0.2, 0.25) is 0 Å². The van der Waals surface area contributed by atoms with Crippen molar-refractivity contribution < 1.29 is 49.5 Å². The molecule has 0 aromatic carbocycles. The van der Waals surface area contributed by atoms with Crippen molar-refractivity contribution in [2.75, 3.05) is 29.6 Å². The first-order valence-electron chi connectivity index (χ1n) is 9.73. The third kappa shape index (κ3) is 22.8. The number of carboxylic acids is 3. The first-order valence-corrected chi connectivity index (χ1v) is 12.3. The van der Waals surface area contributed by atoms with Crippen LogP contribution in [0.25, 0.3) is 0 Å². The van der Waals surface area contributed by atoms with Crippen LogP contribution in [0.15, 0.2) is 0 Å². The Morgan fingerprint density at radius 3 is 1.49 bits per heavy atom. The molecule has 0 radical (unpaired) electrons. The zero-order valence-electron chi connectivity index (χ0n) is 18.6. The van der Waals surface area contributed by atoms with E-state index < -0.39 is 66.6 Å². The van der Waals surface area contributed by atoms with Crippen molar-refractivity contribution in [1.82, 2.24) is 10.6 Å². The van der Waals surface area contributed by atoms with Crippen molar-refractivity contribution >= 4 is 80.2 Å². The number of aliphatic hydroxyl groups excluding tert-OH is 2. The van der Waals surface area contributed by atoms with Gasteiger partial charge in [-0.15, -0.1) is 0 Å². The SMILES string of the molecule is NC(CS)C(=O)O.N[C@@H](CCC(=O)N[C@@H](CS)C(=O)NCC(=O)O)C(=O)O.O[C@H](CS)[C@H](O)CS. The van der Waals surface area contributed by atoms with Gasteiger partial charge in [0.15, 0.2) is 0 Å². The molecule has 0 aliphatic heterocycles. The van der Waals surface area contributed by atoms with E-state index in [2.05, 4.69) is 61.1 Å². The lowest BCUT2D eigenvalue weighted by Crippen LogP contribution is -2.49. The Morgan fingerprint density at radius 1 is 0.743 bits per heavy atom. The van der Waals surface area contributed by atoms with Gasteiger partial charge in [0.05, 0.1) is 12.2 Å². The molecule has 0 aromatic heterocycles. The number of hydrogen-bond donors (Lipinski definition) is 13. The lowest BCUT2D eigenvalue weighted by Gasteiger charge is -2.16. The van der Waals surface area contributed by atoms with Crippen molar-refractivity contribution in [3.05, 3.63) is 0 Å². The normalized spacial score (nSPS) is 14.3. The van der Waals surface area contributed by atoms with E-state index in [0.29, 0.717) is 0 Å². The highest BCUT2D eigenvalue weighted by Gasteiger charge is 2.21. The van der Waals surface area contributed by atoms with Gasteiger partial charge in [-0.2, -0.15) is 50.5 Å². The molecule has 11 N–H and O–H groups in total. The molecule has 2 amide bonds. The number of nitrogens with two attached hydrogens (primary N) is 2. The van der Waals surface area contributed by atoms with E-state index in [4.69, 9.17) is 37.0 Å². The smallest absolute Gasteiger partial charge is 0.322 e. The van der Waals surface area contributed by atoms with Crippen LogP contribution in [0.1, 0.15) is 12.8 Å². The van der Waals surface area contributed by atoms with Crippen LogP contribution in [0.5, 0.6) is 0 Å². The molecule has 14 nitrogen and oxygen atoms in total. The fraction of sp³-hybridized carbons (Fsp3) is 0.706. The van der Waals surface area contributed by atoms with Crippen LogP contribution in [0.4, 0.5) is 0 Å². The van der Waals surface area contributed by atoms with Gasteiger partial charge in [0.2, 0.25) is 11.8 Å². The molecule has 206 valence electrons. The summed E-state index contributed by atoms with van der Waals surface area (Å²) in [5, 5.41) is 46.9. The highest BCUT2D eigenvalue weighted by molar-refractivity contribution is 7.80. The van der Waals surface area contributed by atoms with Crippen LogP contribution >= 0.6 is 50.5 Å². The summed E-state index contributed by atoms with van der Waals surface area (Å²) in [6.45, 7) is -0.567. The van der Waals surface area contributed by atoms with E-state index in [1.165, 1.54) is 0 Å². The van der Waals surface area contributed by atoms with Crippen LogP contribution in [0.3, 0.4) is 0 Å². The van der Waals surface area contributed by atoms with Crippen molar-refractivity contribution in [1.29, 1.82) is 0 Å². The van der Waals surface area contributed by atoms with Crippen LogP contribution < -0.4 is 22.1 Å². The molecule has 1 unspecified atom stereocenters. The molecule has 5 atom stereocenters. The zero-order chi connectivity index (χ0) is 28.1. The second-order valence-corrected chi connectivity index (χ2v) is 7.99. The highest BCUT2D eigenvalue weighted by atomic mass is 32.1. The third-order valence-corrected chi connectivity index (χ3v) is 5.09. The molecule has 0 aliphatic rings. The Labute approximate surface area is 224 Å². The minimum absolute atomic E-state index is 0.0256. The van der Waals surface area contributed by atoms with E-state index in [-0.39, 0.29) is 35.9 Å². The summed E-state index contributed by atoms with van der Waals surface area (Å²) in [5.41, 5.74) is 10.2. The molecule has 0 bridgehead atoms. The molecule has 0 fully saturated rings. The van der Waals surface area contributed by atoms with Gasteiger partial charge in [-0.25, -0.2) is 0 Å². The molecular formula is C17H34N4O10S4. The van der Waals surface area contributed by atoms with E-state index >= 15 is 0 Å². The maximum Gasteiger partial charge on any atom is 0.322 e. The summed E-state index contributed by atoms with van der Waals surface area (Å²) in [4.78, 5) is 53.5. The molecule has 18 heteroatoms. The van der Waals surface area contributed by atoms with E-state index in [0.717, 1.165) is 0 Å². The maximum absolute atomic E-state index is 11.5. The second kappa shape index (κ2) is 23.0. The number of carboxylic acid groups (broad SMARTS) is 3. The van der Waals surface area contributed by atoms with E-state index in [1.807, 2.05) is 0 Å². The fourth-order valence-electron chi connectivity index (χ4n) is 1.48. The molecule has 35 heavy (non-hydrogen) atoms. The summed E-state index contributed by atoms with van der Waals surface area (Å²) in [7, 11) is 0. The first-order chi connectivity index (χ1) is 16.2. The molecule has 0 aliphatic carbocycles. The predicted molar refractivity (Wildman–Crippen MR) is 140 cm³/mol. The number of rotatable bonds is 14. The molecule has 0 aromatic rings. The lowest BCUT2D eigenvalue weighted by atomic mass is 10.1. The van der Waals surface area contributed by atoms with Gasteiger partial charge in [-0.1, -0.05) is 0 Å². The Kier molecular flexibility index (Phi) is 25.1. The van der Waals surface area contributed by atoms with E-state index in [1.54, 1.807) is 0 Å². The summed E-state index contributed by atoms with van der Waals surface area (Å²) < 4.78 is 0. The average molecular weight is 583 g/mol. The van der Waals surface area contributed by atoms with Gasteiger partial charge in [-0.3, -0.25) is 24.0 Å². The quantitative estimate of drug-likeness (QED) is 0.0898. The third-order valence-electron chi connectivity index (χ3n) is 3.58. The van der Waals surface area contributed by atoms with Crippen molar-refractivity contribution in [2.24, 2.45) is 11.5 Å². The number of amides is 2. The molecule has 0 rings (SSSR count). The molecule has 0 heterocycles. The van der Waals surface area contributed by atoms with Crippen LogP contribution in [-0.4, -0.2) is 115 Å². The number of aliphatic carboxylic acids is 3. The molecule has 0 spiro atoms. The number of carbonyl (C=O) groups excluding carboxylic acids is 2. The Hall–Kier alpha value is -1.41. The van der Waals surface area contributed by atoms with Crippen molar-refractivity contribution in [3.63, 3.8) is 0 Å². The summed E-state index contributed by atoms with van der Waals surface area (Å²) >= 11 is 15.1. The summed E-state index contributed by atoms with van der Waals surface area (Å²) in [6.07, 6.45) is -1.71. The Bertz CT molecular complexity index is 654. The molecular weight excluding hydrogens is 548 g/mol. The number of carbonyl (C=O) groups is 5. The monoisotopic (exact) mass is 582 g/mol. The lowest BCUT2D eigenvalue weighted by molar-refractivity contribution is -0.139. The number of aliphatic hydroxyl groups is 2. The number of hydrogen-bond acceptors (Lipinski definition) is 13. The Morgan fingerprint density at radius 2 is 1.20 bits per heavy atom. The topological polar surface area (TPSA) is 263 Å². The van der Waals surface area contributed by atoms with Crippen molar-refractivity contribution in [3.8, 4) is 0 Å². The van der Waals surface area contributed by atoms with Gasteiger partial charge < -0.3 is 47.6 Å². The van der Waals surface area contributed by atoms with Gasteiger partial charge in [0.25, 0.3) is 0 Å². The largest absolute Gasteiger partial charge is 0.480 e. The second-order valence-electron chi connectivity index (χ2n) is 6.52. The van der Waals surface area contributed by atoms with Gasteiger partial charge in [-0.05, 0) is 6.42 Å². The number of thiol groups is 4. The number of nitrogens with one attached hydrogen (secondary N) is 2. The maximum atomic E-state index is 11.5. The zero-order valence-corrected chi connectivity index (χ0v) is 22.1. The van der Waals surface area contributed by atoms with Crippen LogP contribution in [0, 0.1) is 0 Å². The standard InChI is InChI=1S/C10H17N3O6S.C4H10O2S2.C3H7NO2S/c11-5(10(18)19)1-2-7(14)13-6(4-20)9(17)12-3-8(15)16;5-3(1-7)4(6)2-8;4-2(1-7)3(5)6/h5-6,20H,1-4,11H2,(H,12,17)(H,13,14)(H,15,16)(H,18,19);3-8H,1-2H2;2,7H,1,4H2,(H,5,6)/t5-,6-;3-,4-;/m01./s1. The van der Waals surface area contributed by atoms with Crippen molar-refractivity contribution in [2.45, 2.75) is 43.2 Å². The average Bonchev–Trinajstić information content (AvgIpc) is 2.82.